The molecule has 0 aromatic rings. The lowest BCUT2D eigenvalue weighted by Gasteiger charge is -2.19. The van der Waals surface area contributed by atoms with E-state index in [2.05, 4.69) is 4.72 Å². The van der Waals surface area contributed by atoms with Crippen molar-refractivity contribution in [3.05, 3.63) is 0 Å². The quantitative estimate of drug-likeness (QED) is 0.724. The molecule has 1 N–H and O–H groups in total. The molecule has 1 heterocycles. The van der Waals surface area contributed by atoms with E-state index in [-0.39, 0.29) is 17.9 Å². The van der Waals surface area contributed by atoms with Gasteiger partial charge in [-0.05, 0) is 26.2 Å². The fourth-order valence-electron chi connectivity index (χ4n) is 1.66. The first kappa shape index (κ1) is 13.2. The minimum absolute atomic E-state index is 0.0239. The maximum atomic E-state index is 11.5. The van der Waals surface area contributed by atoms with Gasteiger partial charge in [-0.15, -0.1) is 11.6 Å². The molecular formula is C9H18ClNO3S. The topological polar surface area (TPSA) is 55.4 Å². The Labute approximate surface area is 96.4 Å². The average Bonchev–Trinajstić information content (AvgIpc) is 2.67. The first-order valence-electron chi connectivity index (χ1n) is 5.23. The molecule has 0 aliphatic carbocycles. The summed E-state index contributed by atoms with van der Waals surface area (Å²) in [6.07, 6.45) is 2.45. The highest BCUT2D eigenvalue weighted by atomic mass is 35.5. The van der Waals surface area contributed by atoms with E-state index < -0.39 is 10.0 Å². The van der Waals surface area contributed by atoms with Gasteiger partial charge in [-0.3, -0.25) is 0 Å². The van der Waals surface area contributed by atoms with Gasteiger partial charge in [0.15, 0.2) is 0 Å². The molecule has 1 saturated heterocycles. The summed E-state index contributed by atoms with van der Waals surface area (Å²) in [6.45, 7) is 2.58. The molecule has 0 radical (unpaired) electrons. The smallest absolute Gasteiger partial charge is 0.211 e. The molecule has 0 amide bonds. The van der Waals surface area contributed by atoms with Crippen LogP contribution in [-0.4, -0.2) is 38.8 Å². The predicted octanol–water partition coefficient (Wildman–Crippen LogP) is 1.10. The van der Waals surface area contributed by atoms with Gasteiger partial charge in [0.25, 0.3) is 0 Å². The van der Waals surface area contributed by atoms with Gasteiger partial charge in [0.05, 0.1) is 11.9 Å². The molecule has 1 aliphatic rings. The Morgan fingerprint density at radius 1 is 1.60 bits per heavy atom. The fraction of sp³-hybridized carbons (Fsp3) is 1.00. The number of sulfonamides is 1. The molecule has 0 aromatic heterocycles. The zero-order chi connectivity index (χ0) is 11.3. The summed E-state index contributed by atoms with van der Waals surface area (Å²) in [5.74, 6) is 0.461. The molecule has 0 spiro atoms. The molecule has 15 heavy (non-hydrogen) atoms. The second-order valence-corrected chi connectivity index (χ2v) is 6.07. The van der Waals surface area contributed by atoms with E-state index in [0.717, 1.165) is 19.4 Å². The third kappa shape index (κ3) is 4.68. The van der Waals surface area contributed by atoms with Gasteiger partial charge in [0.2, 0.25) is 10.0 Å². The Bertz CT molecular complexity index is 275. The predicted molar refractivity (Wildman–Crippen MR) is 60.7 cm³/mol. The molecule has 2 unspecified atom stereocenters. The van der Waals surface area contributed by atoms with Crippen molar-refractivity contribution in [1.82, 2.24) is 4.72 Å². The van der Waals surface area contributed by atoms with E-state index in [1.54, 1.807) is 0 Å². The molecular weight excluding hydrogens is 238 g/mol. The van der Waals surface area contributed by atoms with E-state index in [0.29, 0.717) is 12.3 Å². The first-order chi connectivity index (χ1) is 7.05. The van der Waals surface area contributed by atoms with Gasteiger partial charge in [-0.1, -0.05) is 0 Å². The van der Waals surface area contributed by atoms with E-state index in [1.165, 1.54) is 0 Å². The van der Waals surface area contributed by atoms with Crippen molar-refractivity contribution in [2.45, 2.75) is 38.3 Å². The van der Waals surface area contributed by atoms with Gasteiger partial charge in [0.1, 0.15) is 0 Å². The lowest BCUT2D eigenvalue weighted by atomic mass is 10.1. The third-order valence-corrected chi connectivity index (χ3v) is 4.26. The van der Waals surface area contributed by atoms with Crippen LogP contribution in [0.4, 0.5) is 0 Å². The second-order valence-electron chi connectivity index (χ2n) is 3.82. The number of alkyl halides is 1. The van der Waals surface area contributed by atoms with Crippen LogP contribution < -0.4 is 4.72 Å². The lowest BCUT2D eigenvalue weighted by molar-refractivity contribution is 0.0902. The molecule has 0 aromatic carbocycles. The minimum atomic E-state index is -3.19. The Balaban J connectivity index is 2.38. The van der Waals surface area contributed by atoms with Gasteiger partial charge >= 0.3 is 0 Å². The number of halogens is 1. The summed E-state index contributed by atoms with van der Waals surface area (Å²) in [7, 11) is -3.19. The molecule has 1 aliphatic heterocycles. The van der Waals surface area contributed by atoms with Crippen LogP contribution in [0.15, 0.2) is 0 Å². The van der Waals surface area contributed by atoms with Crippen LogP contribution in [0.5, 0.6) is 0 Å². The molecule has 1 rings (SSSR count). The van der Waals surface area contributed by atoms with Crippen molar-refractivity contribution in [2.24, 2.45) is 0 Å². The molecule has 0 saturated carbocycles. The highest BCUT2D eigenvalue weighted by molar-refractivity contribution is 7.89. The monoisotopic (exact) mass is 255 g/mol. The zero-order valence-corrected chi connectivity index (χ0v) is 10.5. The number of hydrogen-bond donors (Lipinski definition) is 1. The summed E-state index contributed by atoms with van der Waals surface area (Å²) in [4.78, 5) is 0. The highest BCUT2D eigenvalue weighted by Crippen LogP contribution is 2.15. The Kier molecular flexibility index (Phi) is 5.32. The van der Waals surface area contributed by atoms with Crippen molar-refractivity contribution in [1.29, 1.82) is 0 Å². The molecule has 0 bridgehead atoms. The fourth-order valence-corrected chi connectivity index (χ4v) is 3.31. The number of hydrogen-bond acceptors (Lipinski definition) is 3. The van der Waals surface area contributed by atoms with Crippen LogP contribution in [0.1, 0.15) is 26.2 Å². The number of ether oxygens (including phenoxy) is 1. The standard InChI is InChI=1S/C9H18ClNO3S/c1-8(9-4-2-6-14-9)11-15(12,13)7-3-5-10/h8-9,11H,2-7H2,1H3. The molecule has 1 fully saturated rings. The molecule has 2 atom stereocenters. The van der Waals surface area contributed by atoms with Crippen molar-refractivity contribution < 1.29 is 13.2 Å². The first-order valence-corrected chi connectivity index (χ1v) is 7.41. The third-order valence-electron chi connectivity index (χ3n) is 2.43. The SMILES string of the molecule is CC(NS(=O)(=O)CCCCl)C1CCCO1. The number of nitrogens with one attached hydrogen (secondary N) is 1. The van der Waals surface area contributed by atoms with Crippen LogP contribution >= 0.6 is 11.6 Å². The average molecular weight is 256 g/mol. The van der Waals surface area contributed by atoms with Gasteiger partial charge in [-0.25, -0.2) is 13.1 Å². The second kappa shape index (κ2) is 6.03. The van der Waals surface area contributed by atoms with Crippen molar-refractivity contribution in [3.63, 3.8) is 0 Å². The maximum absolute atomic E-state index is 11.5. The largest absolute Gasteiger partial charge is 0.377 e. The Hall–Kier alpha value is 0.160. The summed E-state index contributed by atoms with van der Waals surface area (Å²) < 4.78 is 31.1. The van der Waals surface area contributed by atoms with Crippen LogP contribution in [0, 0.1) is 0 Å². The van der Waals surface area contributed by atoms with Crippen molar-refractivity contribution in [3.8, 4) is 0 Å². The molecule has 90 valence electrons. The van der Waals surface area contributed by atoms with Gasteiger partial charge in [0, 0.05) is 18.5 Å². The zero-order valence-electron chi connectivity index (χ0n) is 8.91. The number of rotatable bonds is 6. The normalized spacial score (nSPS) is 24.3. The van der Waals surface area contributed by atoms with Crippen molar-refractivity contribution in [2.75, 3.05) is 18.2 Å². The van der Waals surface area contributed by atoms with E-state index >= 15 is 0 Å². The summed E-state index contributed by atoms with van der Waals surface area (Å²) in [5.41, 5.74) is 0. The lowest BCUT2D eigenvalue weighted by Crippen LogP contribution is -2.41. The van der Waals surface area contributed by atoms with Gasteiger partial charge in [-0.2, -0.15) is 0 Å². The van der Waals surface area contributed by atoms with Crippen LogP contribution in [-0.2, 0) is 14.8 Å². The van der Waals surface area contributed by atoms with E-state index in [4.69, 9.17) is 16.3 Å². The maximum Gasteiger partial charge on any atom is 0.211 e. The van der Waals surface area contributed by atoms with Gasteiger partial charge < -0.3 is 4.74 Å². The Morgan fingerprint density at radius 3 is 2.87 bits per heavy atom. The van der Waals surface area contributed by atoms with Crippen LogP contribution in [0.25, 0.3) is 0 Å². The van der Waals surface area contributed by atoms with Crippen LogP contribution in [0.2, 0.25) is 0 Å². The minimum Gasteiger partial charge on any atom is -0.377 e. The highest BCUT2D eigenvalue weighted by Gasteiger charge is 2.25. The molecule has 6 heteroatoms. The van der Waals surface area contributed by atoms with Crippen LogP contribution in [0.3, 0.4) is 0 Å². The van der Waals surface area contributed by atoms with Crippen molar-refractivity contribution >= 4 is 21.6 Å². The van der Waals surface area contributed by atoms with E-state index in [9.17, 15) is 8.42 Å². The summed E-state index contributed by atoms with van der Waals surface area (Å²) in [5, 5.41) is 0. The Morgan fingerprint density at radius 2 is 2.33 bits per heavy atom. The van der Waals surface area contributed by atoms with E-state index in [1.807, 2.05) is 6.92 Å². The molecule has 4 nitrogen and oxygen atoms in total. The summed E-state index contributed by atoms with van der Waals surface area (Å²) in [6, 6.07) is -0.146. The summed E-state index contributed by atoms with van der Waals surface area (Å²) >= 11 is 5.45.